The van der Waals surface area contributed by atoms with Crippen molar-refractivity contribution in [2.75, 3.05) is 11.9 Å². The van der Waals surface area contributed by atoms with Crippen LogP contribution in [0.4, 0.5) is 5.69 Å². The number of rotatable bonds is 8. The highest BCUT2D eigenvalue weighted by Gasteiger charge is 2.20. The number of carbonyl (C=O) groups excluding carboxylic acids is 1. The van der Waals surface area contributed by atoms with E-state index in [0.717, 1.165) is 11.3 Å². The van der Waals surface area contributed by atoms with E-state index in [9.17, 15) is 9.59 Å². The molecule has 0 aromatic heterocycles. The van der Waals surface area contributed by atoms with Gasteiger partial charge in [0.2, 0.25) is 0 Å². The molecule has 2 rings (SSSR count). The van der Waals surface area contributed by atoms with Gasteiger partial charge in [-0.1, -0.05) is 36.6 Å². The average molecular weight is 400 g/mol. The summed E-state index contributed by atoms with van der Waals surface area (Å²) >= 11 is 5.85. The van der Waals surface area contributed by atoms with Gasteiger partial charge in [-0.25, -0.2) is 9.59 Å². The molecule has 0 saturated heterocycles. The number of anilines is 1. The van der Waals surface area contributed by atoms with Crippen molar-refractivity contribution >= 4 is 29.2 Å². The third-order valence-electron chi connectivity index (χ3n) is 3.93. The second-order valence-corrected chi connectivity index (χ2v) is 6.49. The van der Waals surface area contributed by atoms with E-state index in [1.165, 1.54) is 0 Å². The van der Waals surface area contributed by atoms with Crippen molar-refractivity contribution < 1.29 is 19.4 Å². The van der Waals surface area contributed by atoms with Crippen molar-refractivity contribution in [3.63, 3.8) is 0 Å². The van der Waals surface area contributed by atoms with E-state index in [0.29, 0.717) is 30.0 Å². The normalized spacial score (nSPS) is 11.1. The lowest BCUT2D eigenvalue weighted by atomic mass is 10.1. The number of halogens is 1. The van der Waals surface area contributed by atoms with Gasteiger partial charge in [0.15, 0.2) is 6.10 Å². The smallest absolute Gasteiger partial charge is 0.345 e. The average Bonchev–Trinajstić information content (AvgIpc) is 2.70. The zero-order valence-electron chi connectivity index (χ0n) is 15.6. The van der Waals surface area contributed by atoms with Crippen LogP contribution in [0.1, 0.15) is 35.7 Å². The van der Waals surface area contributed by atoms with Crippen LogP contribution in [-0.4, -0.2) is 29.7 Å². The Kier molecular flexibility index (Phi) is 8.38. The minimum atomic E-state index is -1.15. The molecule has 0 aliphatic heterocycles. The summed E-state index contributed by atoms with van der Waals surface area (Å²) in [7, 11) is 0. The van der Waals surface area contributed by atoms with Gasteiger partial charge in [0.25, 0.3) is 0 Å². The molecule has 2 aromatic carbocycles. The maximum Gasteiger partial charge on any atom is 0.345 e. The number of carboxylic acid groups (broad SMARTS) is 1. The van der Waals surface area contributed by atoms with E-state index in [2.05, 4.69) is 17.2 Å². The lowest BCUT2D eigenvalue weighted by Gasteiger charge is -2.12. The molecule has 0 spiro atoms. The zero-order valence-corrected chi connectivity index (χ0v) is 16.3. The topological polar surface area (TPSA) is 75.6 Å². The lowest BCUT2D eigenvalue weighted by molar-refractivity contribution is -0.147. The summed E-state index contributed by atoms with van der Waals surface area (Å²) in [4.78, 5) is 22.9. The van der Waals surface area contributed by atoms with Crippen LogP contribution in [0.25, 0.3) is 0 Å². The Bertz CT molecular complexity index is 851. The van der Waals surface area contributed by atoms with Crippen molar-refractivity contribution in [2.45, 2.75) is 32.3 Å². The fourth-order valence-electron chi connectivity index (χ4n) is 2.35. The van der Waals surface area contributed by atoms with Gasteiger partial charge >= 0.3 is 11.9 Å². The molecule has 0 saturated carbocycles. The standard InChI is InChI=1S/C22H22ClNO4/c1-2-20(21(25)26)28-22(27)17-9-13-19(14-10-17)24-15-5-3-4-6-16-7-11-18(23)12-8-16/h7-14,20,24H,2,5-6,15H2,1H3,(H,25,26). The maximum atomic E-state index is 12.0. The molecule has 0 heterocycles. The van der Waals surface area contributed by atoms with Crippen LogP contribution in [-0.2, 0) is 16.0 Å². The summed E-state index contributed by atoms with van der Waals surface area (Å²) in [6.45, 7) is 2.33. The molecule has 5 nitrogen and oxygen atoms in total. The third-order valence-corrected chi connectivity index (χ3v) is 4.18. The van der Waals surface area contributed by atoms with Crippen molar-refractivity contribution in [2.24, 2.45) is 0 Å². The summed E-state index contributed by atoms with van der Waals surface area (Å²) in [5.74, 6) is 4.44. The number of hydrogen-bond acceptors (Lipinski definition) is 4. The number of carboxylic acids is 1. The van der Waals surface area contributed by atoms with Crippen LogP contribution in [0, 0.1) is 11.8 Å². The first-order valence-electron chi connectivity index (χ1n) is 8.97. The minimum absolute atomic E-state index is 0.222. The second kappa shape index (κ2) is 11.0. The summed E-state index contributed by atoms with van der Waals surface area (Å²) < 4.78 is 4.97. The predicted octanol–water partition coefficient (Wildman–Crippen LogP) is 4.41. The Labute approximate surface area is 169 Å². The van der Waals surface area contributed by atoms with Crippen molar-refractivity contribution in [1.29, 1.82) is 0 Å². The number of nitrogens with one attached hydrogen (secondary N) is 1. The molecular weight excluding hydrogens is 378 g/mol. The molecule has 0 fully saturated rings. The molecular formula is C22H22ClNO4. The SMILES string of the molecule is CCC(OC(=O)c1ccc(NCCC#CCc2ccc(Cl)cc2)cc1)C(=O)O. The minimum Gasteiger partial charge on any atom is -0.479 e. The van der Waals surface area contributed by atoms with E-state index < -0.39 is 18.0 Å². The number of hydrogen-bond donors (Lipinski definition) is 2. The molecule has 1 atom stereocenters. The molecule has 0 bridgehead atoms. The fraction of sp³-hybridized carbons (Fsp3) is 0.273. The molecule has 2 N–H and O–H groups in total. The lowest BCUT2D eigenvalue weighted by Crippen LogP contribution is -2.26. The number of benzene rings is 2. The van der Waals surface area contributed by atoms with E-state index in [-0.39, 0.29) is 6.42 Å². The third kappa shape index (κ3) is 6.98. The highest BCUT2D eigenvalue weighted by atomic mass is 35.5. The molecule has 0 aliphatic rings. The number of ether oxygens (including phenoxy) is 1. The fourth-order valence-corrected chi connectivity index (χ4v) is 2.48. The molecule has 6 heteroatoms. The molecule has 0 amide bonds. The first-order chi connectivity index (χ1) is 13.5. The van der Waals surface area contributed by atoms with Gasteiger partial charge in [0.05, 0.1) is 5.56 Å². The van der Waals surface area contributed by atoms with Crippen LogP contribution < -0.4 is 5.32 Å². The largest absolute Gasteiger partial charge is 0.479 e. The number of carbonyl (C=O) groups is 2. The van der Waals surface area contributed by atoms with Gasteiger partial charge in [-0.2, -0.15) is 0 Å². The number of aliphatic carboxylic acids is 1. The molecule has 1 unspecified atom stereocenters. The zero-order chi connectivity index (χ0) is 20.4. The van der Waals surface area contributed by atoms with E-state index >= 15 is 0 Å². The molecule has 146 valence electrons. The van der Waals surface area contributed by atoms with Crippen LogP contribution in [0.5, 0.6) is 0 Å². The first kappa shape index (κ1) is 21.3. The first-order valence-corrected chi connectivity index (χ1v) is 9.35. The second-order valence-electron chi connectivity index (χ2n) is 6.05. The van der Waals surface area contributed by atoms with E-state index in [1.54, 1.807) is 31.2 Å². The summed E-state index contributed by atoms with van der Waals surface area (Å²) in [6, 6.07) is 14.3. The Morgan fingerprint density at radius 1 is 1.11 bits per heavy atom. The number of esters is 1. The van der Waals surface area contributed by atoms with Gasteiger partial charge in [-0.3, -0.25) is 0 Å². The van der Waals surface area contributed by atoms with E-state index in [1.807, 2.05) is 24.3 Å². The summed E-state index contributed by atoms with van der Waals surface area (Å²) in [6.07, 6.45) is 0.466. The van der Waals surface area contributed by atoms with Gasteiger partial charge in [0.1, 0.15) is 0 Å². The Morgan fingerprint density at radius 3 is 2.39 bits per heavy atom. The highest BCUT2D eigenvalue weighted by molar-refractivity contribution is 6.30. The molecule has 28 heavy (non-hydrogen) atoms. The van der Waals surface area contributed by atoms with Crippen molar-refractivity contribution in [3.05, 3.63) is 64.7 Å². The summed E-state index contributed by atoms with van der Waals surface area (Å²) in [5.41, 5.74) is 2.29. The van der Waals surface area contributed by atoms with Gasteiger partial charge in [0, 0.05) is 30.1 Å². The van der Waals surface area contributed by atoms with Gasteiger partial charge in [-0.05, 0) is 48.4 Å². The van der Waals surface area contributed by atoms with Crippen molar-refractivity contribution in [1.82, 2.24) is 0 Å². The predicted molar refractivity (Wildman–Crippen MR) is 110 cm³/mol. The molecule has 2 aromatic rings. The summed E-state index contributed by atoms with van der Waals surface area (Å²) in [5, 5.41) is 12.9. The van der Waals surface area contributed by atoms with Crippen LogP contribution in [0.2, 0.25) is 5.02 Å². The van der Waals surface area contributed by atoms with Gasteiger partial charge in [-0.15, -0.1) is 5.92 Å². The van der Waals surface area contributed by atoms with Gasteiger partial charge < -0.3 is 15.2 Å². The van der Waals surface area contributed by atoms with Crippen molar-refractivity contribution in [3.8, 4) is 11.8 Å². The van der Waals surface area contributed by atoms with Crippen LogP contribution >= 0.6 is 11.6 Å². The van der Waals surface area contributed by atoms with E-state index in [4.69, 9.17) is 21.4 Å². The monoisotopic (exact) mass is 399 g/mol. The maximum absolute atomic E-state index is 12.0. The Hall–Kier alpha value is -2.97. The van der Waals surface area contributed by atoms with Crippen LogP contribution in [0.15, 0.2) is 48.5 Å². The Morgan fingerprint density at radius 2 is 1.79 bits per heavy atom. The Balaban J connectivity index is 1.75. The molecule has 0 radical (unpaired) electrons. The van der Waals surface area contributed by atoms with Crippen LogP contribution in [0.3, 0.4) is 0 Å². The molecule has 0 aliphatic carbocycles. The quantitative estimate of drug-likeness (QED) is 0.390. The highest BCUT2D eigenvalue weighted by Crippen LogP contribution is 2.12.